The number of nitrogens with zero attached hydrogens (tertiary/aromatic N) is 1. The lowest BCUT2D eigenvalue weighted by atomic mass is 10.1. The Kier molecular flexibility index (Phi) is 5.41. The van der Waals surface area contributed by atoms with Gasteiger partial charge >= 0.3 is 0 Å². The van der Waals surface area contributed by atoms with Gasteiger partial charge in [0.15, 0.2) is 0 Å². The van der Waals surface area contributed by atoms with Crippen molar-refractivity contribution in [2.45, 2.75) is 26.3 Å². The maximum atomic E-state index is 12.4. The van der Waals surface area contributed by atoms with E-state index in [2.05, 4.69) is 36.4 Å². The van der Waals surface area contributed by atoms with Crippen LogP contribution in [0.3, 0.4) is 0 Å². The highest BCUT2D eigenvalue weighted by Crippen LogP contribution is 2.23. The summed E-state index contributed by atoms with van der Waals surface area (Å²) in [5.74, 6) is 2.01. The molecule has 3 rings (SSSR count). The van der Waals surface area contributed by atoms with Crippen LogP contribution in [0.25, 0.3) is 0 Å². The number of anilines is 2. The Morgan fingerprint density at radius 3 is 2.15 bits per heavy atom. The second kappa shape index (κ2) is 7.91. The Morgan fingerprint density at radius 1 is 0.889 bits per heavy atom. The fourth-order valence-corrected chi connectivity index (χ4v) is 2.42. The zero-order valence-electron chi connectivity index (χ0n) is 15.7. The van der Waals surface area contributed by atoms with Crippen molar-refractivity contribution in [2.24, 2.45) is 0 Å². The van der Waals surface area contributed by atoms with Gasteiger partial charge in [0, 0.05) is 17.4 Å². The Morgan fingerprint density at radius 2 is 1.56 bits per heavy atom. The third-order valence-electron chi connectivity index (χ3n) is 3.62. The molecule has 0 unspecified atom stereocenters. The predicted octanol–water partition coefficient (Wildman–Crippen LogP) is 5.34. The van der Waals surface area contributed by atoms with Crippen molar-refractivity contribution < 1.29 is 9.53 Å². The van der Waals surface area contributed by atoms with E-state index in [1.54, 1.807) is 30.5 Å². The molecule has 0 aliphatic carbocycles. The van der Waals surface area contributed by atoms with Gasteiger partial charge in [-0.3, -0.25) is 4.79 Å². The van der Waals surface area contributed by atoms with Gasteiger partial charge < -0.3 is 15.4 Å². The van der Waals surface area contributed by atoms with Crippen LogP contribution in [-0.2, 0) is 0 Å². The number of pyridine rings is 1. The largest absolute Gasteiger partial charge is 0.457 e. The van der Waals surface area contributed by atoms with E-state index in [-0.39, 0.29) is 11.4 Å². The first-order chi connectivity index (χ1) is 12.9. The molecule has 0 saturated heterocycles. The predicted molar refractivity (Wildman–Crippen MR) is 109 cm³/mol. The number of hydrogen-bond acceptors (Lipinski definition) is 4. The fourth-order valence-electron chi connectivity index (χ4n) is 2.42. The highest BCUT2D eigenvalue weighted by molar-refractivity contribution is 6.04. The molecule has 2 N–H and O–H groups in total. The third kappa shape index (κ3) is 5.57. The van der Waals surface area contributed by atoms with Crippen molar-refractivity contribution in [2.75, 3.05) is 10.6 Å². The molecule has 0 bridgehead atoms. The Hall–Kier alpha value is -3.34. The lowest BCUT2D eigenvalue weighted by Crippen LogP contribution is -2.26. The molecule has 27 heavy (non-hydrogen) atoms. The zero-order valence-corrected chi connectivity index (χ0v) is 15.7. The minimum atomic E-state index is -0.207. The maximum Gasteiger partial charge on any atom is 0.257 e. The molecule has 138 valence electrons. The Bertz CT molecular complexity index is 884. The summed E-state index contributed by atoms with van der Waals surface area (Å²) >= 11 is 0. The summed E-state index contributed by atoms with van der Waals surface area (Å²) in [5.41, 5.74) is 1.11. The van der Waals surface area contributed by atoms with Crippen molar-refractivity contribution in [3.63, 3.8) is 0 Å². The quantitative estimate of drug-likeness (QED) is 0.644. The van der Waals surface area contributed by atoms with Gasteiger partial charge in [-0.2, -0.15) is 0 Å². The summed E-state index contributed by atoms with van der Waals surface area (Å²) in [6.07, 6.45) is 1.57. The van der Waals surface area contributed by atoms with Crippen LogP contribution >= 0.6 is 0 Å². The van der Waals surface area contributed by atoms with Crippen LogP contribution in [0.5, 0.6) is 11.5 Å². The second-order valence-corrected chi connectivity index (χ2v) is 7.20. The van der Waals surface area contributed by atoms with Crippen LogP contribution in [0.4, 0.5) is 11.5 Å². The average Bonchev–Trinajstić information content (AvgIpc) is 2.63. The molecule has 0 atom stereocenters. The zero-order chi connectivity index (χ0) is 19.3. The van der Waals surface area contributed by atoms with E-state index >= 15 is 0 Å². The molecular weight excluding hydrogens is 338 g/mol. The van der Waals surface area contributed by atoms with Gasteiger partial charge in [-0.1, -0.05) is 18.2 Å². The van der Waals surface area contributed by atoms with Crippen molar-refractivity contribution in [3.05, 3.63) is 78.5 Å². The third-order valence-corrected chi connectivity index (χ3v) is 3.62. The van der Waals surface area contributed by atoms with Crippen molar-refractivity contribution >= 4 is 17.4 Å². The second-order valence-electron chi connectivity index (χ2n) is 7.20. The van der Waals surface area contributed by atoms with Gasteiger partial charge in [0.1, 0.15) is 17.3 Å². The number of nitrogens with one attached hydrogen (secondary N) is 2. The molecule has 1 amide bonds. The van der Waals surface area contributed by atoms with Crippen molar-refractivity contribution in [3.8, 4) is 11.5 Å². The van der Waals surface area contributed by atoms with E-state index in [0.717, 1.165) is 11.6 Å². The number of para-hydroxylation sites is 1. The molecule has 0 fully saturated rings. The minimum absolute atomic E-state index is 0.0830. The fraction of sp³-hybridized carbons (Fsp3) is 0.182. The number of carbonyl (C=O) groups excluding carboxylic acids is 1. The summed E-state index contributed by atoms with van der Waals surface area (Å²) in [6, 6.07) is 20.3. The van der Waals surface area contributed by atoms with Crippen molar-refractivity contribution in [1.82, 2.24) is 4.98 Å². The topological polar surface area (TPSA) is 63.2 Å². The van der Waals surface area contributed by atoms with Crippen LogP contribution in [0.2, 0.25) is 0 Å². The number of carbonyl (C=O) groups is 1. The molecule has 0 aliphatic heterocycles. The van der Waals surface area contributed by atoms with Crippen LogP contribution < -0.4 is 15.4 Å². The Balaban J connectivity index is 1.60. The van der Waals surface area contributed by atoms with E-state index in [0.29, 0.717) is 17.0 Å². The molecule has 0 spiro atoms. The molecule has 5 heteroatoms. The maximum absolute atomic E-state index is 12.4. The average molecular weight is 361 g/mol. The van der Waals surface area contributed by atoms with E-state index in [1.807, 2.05) is 42.5 Å². The first-order valence-electron chi connectivity index (χ1n) is 8.78. The highest BCUT2D eigenvalue weighted by atomic mass is 16.5. The van der Waals surface area contributed by atoms with Gasteiger partial charge in [0.2, 0.25) is 0 Å². The monoisotopic (exact) mass is 361 g/mol. The number of benzene rings is 2. The normalized spacial score (nSPS) is 10.9. The first kappa shape index (κ1) is 18.5. The summed E-state index contributed by atoms with van der Waals surface area (Å²) in [7, 11) is 0. The van der Waals surface area contributed by atoms with Crippen LogP contribution in [0, 0.1) is 0 Å². The van der Waals surface area contributed by atoms with E-state index < -0.39 is 0 Å². The van der Waals surface area contributed by atoms with E-state index in [4.69, 9.17) is 4.74 Å². The van der Waals surface area contributed by atoms with Crippen LogP contribution in [0.1, 0.15) is 31.1 Å². The number of aromatic nitrogens is 1. The number of amides is 1. The van der Waals surface area contributed by atoms with Crippen molar-refractivity contribution in [1.29, 1.82) is 0 Å². The Labute approximate surface area is 159 Å². The minimum Gasteiger partial charge on any atom is -0.457 e. The lowest BCUT2D eigenvalue weighted by molar-refractivity contribution is 0.102. The lowest BCUT2D eigenvalue weighted by Gasteiger charge is -2.21. The number of hydrogen-bond donors (Lipinski definition) is 2. The molecule has 0 radical (unpaired) electrons. The SMILES string of the molecule is CC(C)(C)Nc1ccc(C(=O)Nc2ccc(Oc3ccccc3)cc2)cn1. The molecule has 2 aromatic carbocycles. The summed E-state index contributed by atoms with van der Waals surface area (Å²) in [4.78, 5) is 16.7. The van der Waals surface area contributed by atoms with E-state index in [1.165, 1.54) is 0 Å². The molecule has 0 saturated carbocycles. The molecule has 5 nitrogen and oxygen atoms in total. The standard InChI is InChI=1S/C22H23N3O2/c1-22(2,3)25-20-14-9-16(15-23-20)21(26)24-17-10-12-19(13-11-17)27-18-7-5-4-6-8-18/h4-15H,1-3H3,(H,23,25)(H,24,26). The van der Waals surface area contributed by atoms with Gasteiger partial charge in [-0.05, 0) is 69.3 Å². The number of ether oxygens (including phenoxy) is 1. The first-order valence-corrected chi connectivity index (χ1v) is 8.78. The van der Waals surface area contributed by atoms with Gasteiger partial charge in [-0.25, -0.2) is 4.98 Å². The summed E-state index contributed by atoms with van der Waals surface area (Å²) in [5, 5.41) is 6.13. The molecule has 1 heterocycles. The van der Waals surface area contributed by atoms with Gasteiger partial charge in [0.25, 0.3) is 5.91 Å². The molecule has 0 aliphatic rings. The molecular formula is C22H23N3O2. The van der Waals surface area contributed by atoms with Gasteiger partial charge in [-0.15, -0.1) is 0 Å². The smallest absolute Gasteiger partial charge is 0.257 e. The molecule has 1 aromatic heterocycles. The van der Waals surface area contributed by atoms with Crippen LogP contribution in [-0.4, -0.2) is 16.4 Å². The van der Waals surface area contributed by atoms with Gasteiger partial charge in [0.05, 0.1) is 5.56 Å². The van der Waals surface area contributed by atoms with E-state index in [9.17, 15) is 4.79 Å². The number of rotatable bonds is 5. The summed E-state index contributed by atoms with van der Waals surface area (Å²) in [6.45, 7) is 6.17. The highest BCUT2D eigenvalue weighted by Gasteiger charge is 2.11. The summed E-state index contributed by atoms with van der Waals surface area (Å²) < 4.78 is 5.75. The molecule has 3 aromatic rings. The van der Waals surface area contributed by atoms with Crippen LogP contribution in [0.15, 0.2) is 72.9 Å².